The number of aromatic nitrogens is 3. The van der Waals surface area contributed by atoms with Gasteiger partial charge in [0.05, 0.1) is 5.56 Å². The number of hydrogen-bond donors (Lipinski definition) is 3. The molecule has 0 unspecified atom stereocenters. The highest BCUT2D eigenvalue weighted by molar-refractivity contribution is 9.10. The number of aryl methyl sites for hydroxylation is 1. The van der Waals surface area contributed by atoms with Crippen molar-refractivity contribution in [2.45, 2.75) is 12.8 Å². The molecule has 2 aromatic heterocycles. The van der Waals surface area contributed by atoms with Crippen molar-refractivity contribution >= 4 is 27.7 Å². The molecule has 2 heterocycles. The minimum atomic E-state index is -0.136. The van der Waals surface area contributed by atoms with Crippen molar-refractivity contribution in [3.8, 4) is 0 Å². The van der Waals surface area contributed by atoms with Gasteiger partial charge in [-0.05, 0) is 28.4 Å². The van der Waals surface area contributed by atoms with Crippen LogP contribution in [0.2, 0.25) is 0 Å². The molecule has 0 aromatic carbocycles. The Bertz CT molecular complexity index is 570. The summed E-state index contributed by atoms with van der Waals surface area (Å²) in [5.41, 5.74) is 0.528. The van der Waals surface area contributed by atoms with E-state index in [1.165, 1.54) is 0 Å². The van der Waals surface area contributed by atoms with Gasteiger partial charge in [0.25, 0.3) is 5.91 Å². The molecular weight excluding hydrogens is 322 g/mol. The van der Waals surface area contributed by atoms with Gasteiger partial charge in [-0.15, -0.1) is 0 Å². The molecule has 0 radical (unpaired) electrons. The molecular formula is C13H16BrN5O. The number of imidazole rings is 1. The van der Waals surface area contributed by atoms with Crippen molar-refractivity contribution in [1.29, 1.82) is 0 Å². The summed E-state index contributed by atoms with van der Waals surface area (Å²) in [5, 5.41) is 5.79. The fourth-order valence-electron chi connectivity index (χ4n) is 1.80. The molecule has 0 aliphatic rings. The van der Waals surface area contributed by atoms with Gasteiger partial charge in [0.1, 0.15) is 11.6 Å². The van der Waals surface area contributed by atoms with Gasteiger partial charge in [0.2, 0.25) is 0 Å². The SMILES string of the molecule is CNc1ncc(Br)cc1C(=O)NCCCc1ncc[nH]1. The van der Waals surface area contributed by atoms with E-state index in [4.69, 9.17) is 0 Å². The fraction of sp³-hybridized carbons (Fsp3) is 0.308. The van der Waals surface area contributed by atoms with E-state index >= 15 is 0 Å². The number of nitrogens with zero attached hydrogens (tertiary/aromatic N) is 2. The van der Waals surface area contributed by atoms with Crippen molar-refractivity contribution in [2.24, 2.45) is 0 Å². The van der Waals surface area contributed by atoms with Gasteiger partial charge >= 0.3 is 0 Å². The normalized spacial score (nSPS) is 10.3. The summed E-state index contributed by atoms with van der Waals surface area (Å²) in [7, 11) is 1.74. The van der Waals surface area contributed by atoms with Crippen LogP contribution >= 0.6 is 15.9 Å². The van der Waals surface area contributed by atoms with Gasteiger partial charge in [-0.3, -0.25) is 4.79 Å². The van der Waals surface area contributed by atoms with Gasteiger partial charge in [-0.1, -0.05) is 0 Å². The predicted octanol–water partition coefficient (Wildman–Crippen LogP) is 1.97. The van der Waals surface area contributed by atoms with Crippen LogP contribution in [0, 0.1) is 0 Å². The number of carbonyl (C=O) groups excluding carboxylic acids is 1. The van der Waals surface area contributed by atoms with Crippen molar-refractivity contribution in [1.82, 2.24) is 20.3 Å². The average molecular weight is 338 g/mol. The molecule has 0 aliphatic carbocycles. The van der Waals surface area contributed by atoms with Crippen molar-refractivity contribution < 1.29 is 4.79 Å². The molecule has 2 aromatic rings. The fourth-order valence-corrected chi connectivity index (χ4v) is 2.13. The number of hydrogen-bond acceptors (Lipinski definition) is 4. The van der Waals surface area contributed by atoms with E-state index in [-0.39, 0.29) is 5.91 Å². The maximum atomic E-state index is 12.1. The topological polar surface area (TPSA) is 82.7 Å². The van der Waals surface area contributed by atoms with Gasteiger partial charge in [-0.2, -0.15) is 0 Å². The quantitative estimate of drug-likeness (QED) is 0.704. The molecule has 106 valence electrons. The molecule has 6 nitrogen and oxygen atoms in total. The second kappa shape index (κ2) is 7.04. The number of pyridine rings is 1. The monoisotopic (exact) mass is 337 g/mol. The number of aromatic amines is 1. The molecule has 3 N–H and O–H groups in total. The summed E-state index contributed by atoms with van der Waals surface area (Å²) in [6.07, 6.45) is 6.80. The highest BCUT2D eigenvalue weighted by Crippen LogP contribution is 2.17. The van der Waals surface area contributed by atoms with E-state index in [9.17, 15) is 4.79 Å². The van der Waals surface area contributed by atoms with E-state index in [1.54, 1.807) is 31.7 Å². The Labute approximate surface area is 125 Å². The first-order chi connectivity index (χ1) is 9.70. The smallest absolute Gasteiger partial charge is 0.255 e. The van der Waals surface area contributed by atoms with E-state index < -0.39 is 0 Å². The second-order valence-corrected chi connectivity index (χ2v) is 5.11. The molecule has 0 aliphatic heterocycles. The number of halogens is 1. The number of carbonyl (C=O) groups is 1. The number of nitrogens with one attached hydrogen (secondary N) is 3. The van der Waals surface area contributed by atoms with E-state index in [2.05, 4.69) is 41.5 Å². The first-order valence-corrected chi connectivity index (χ1v) is 7.09. The largest absolute Gasteiger partial charge is 0.372 e. The van der Waals surface area contributed by atoms with E-state index in [0.29, 0.717) is 17.9 Å². The van der Waals surface area contributed by atoms with Crippen molar-refractivity contribution in [2.75, 3.05) is 18.9 Å². The minimum absolute atomic E-state index is 0.136. The molecule has 0 fully saturated rings. The number of amides is 1. The second-order valence-electron chi connectivity index (χ2n) is 4.20. The zero-order chi connectivity index (χ0) is 14.4. The van der Waals surface area contributed by atoms with Crippen LogP contribution in [0.4, 0.5) is 5.82 Å². The maximum absolute atomic E-state index is 12.1. The van der Waals surface area contributed by atoms with Crippen LogP contribution in [0.25, 0.3) is 0 Å². The van der Waals surface area contributed by atoms with Crippen molar-refractivity contribution in [3.63, 3.8) is 0 Å². The molecule has 0 spiro atoms. The summed E-state index contributed by atoms with van der Waals surface area (Å²) in [6, 6.07) is 1.75. The Hall–Kier alpha value is -1.89. The summed E-state index contributed by atoms with van der Waals surface area (Å²) in [6.45, 7) is 0.592. The Kier molecular flexibility index (Phi) is 5.11. The van der Waals surface area contributed by atoms with E-state index in [1.807, 2.05) is 0 Å². The first-order valence-electron chi connectivity index (χ1n) is 6.30. The summed E-state index contributed by atoms with van der Waals surface area (Å²) >= 11 is 3.32. The van der Waals surface area contributed by atoms with Gasteiger partial charge in [0.15, 0.2) is 0 Å². The Morgan fingerprint density at radius 1 is 1.45 bits per heavy atom. The number of anilines is 1. The highest BCUT2D eigenvalue weighted by Gasteiger charge is 2.12. The molecule has 1 amide bonds. The lowest BCUT2D eigenvalue weighted by Gasteiger charge is -2.09. The Morgan fingerprint density at radius 2 is 2.30 bits per heavy atom. The van der Waals surface area contributed by atoms with Crippen LogP contribution in [0.15, 0.2) is 29.1 Å². The number of H-pyrrole nitrogens is 1. The summed E-state index contributed by atoms with van der Waals surface area (Å²) in [5.74, 6) is 1.36. The molecule has 0 saturated carbocycles. The Morgan fingerprint density at radius 3 is 3.00 bits per heavy atom. The lowest BCUT2D eigenvalue weighted by atomic mass is 10.2. The third-order valence-corrected chi connectivity index (χ3v) is 3.20. The van der Waals surface area contributed by atoms with Crippen LogP contribution in [-0.4, -0.2) is 34.5 Å². The van der Waals surface area contributed by atoms with Crippen LogP contribution in [0.1, 0.15) is 22.6 Å². The molecule has 2 rings (SSSR count). The molecule has 7 heteroatoms. The standard InChI is InChI=1S/C13H16BrN5O/c1-15-12-10(7-9(14)8-19-12)13(20)18-4-2-3-11-16-5-6-17-11/h5-8H,2-4H2,1H3,(H,15,19)(H,16,17)(H,18,20). The average Bonchev–Trinajstić information content (AvgIpc) is 2.96. The molecule has 0 bridgehead atoms. The van der Waals surface area contributed by atoms with Gasteiger partial charge in [-0.25, -0.2) is 9.97 Å². The minimum Gasteiger partial charge on any atom is -0.372 e. The van der Waals surface area contributed by atoms with Gasteiger partial charge in [0, 0.05) is 43.1 Å². The van der Waals surface area contributed by atoms with Crippen molar-refractivity contribution in [3.05, 3.63) is 40.5 Å². The van der Waals surface area contributed by atoms with E-state index in [0.717, 1.165) is 23.1 Å². The van der Waals surface area contributed by atoms with Crippen LogP contribution < -0.4 is 10.6 Å². The van der Waals surface area contributed by atoms with Crippen LogP contribution in [0.5, 0.6) is 0 Å². The van der Waals surface area contributed by atoms with Crippen LogP contribution in [-0.2, 0) is 6.42 Å². The zero-order valence-corrected chi connectivity index (χ0v) is 12.7. The Balaban J connectivity index is 1.87. The summed E-state index contributed by atoms with van der Waals surface area (Å²) in [4.78, 5) is 23.4. The third kappa shape index (κ3) is 3.80. The first kappa shape index (κ1) is 14.5. The maximum Gasteiger partial charge on any atom is 0.255 e. The highest BCUT2D eigenvalue weighted by atomic mass is 79.9. The lowest BCUT2D eigenvalue weighted by molar-refractivity contribution is 0.0953. The van der Waals surface area contributed by atoms with Gasteiger partial charge < -0.3 is 15.6 Å². The lowest BCUT2D eigenvalue weighted by Crippen LogP contribution is -2.26. The zero-order valence-electron chi connectivity index (χ0n) is 11.1. The third-order valence-electron chi connectivity index (χ3n) is 2.77. The van der Waals surface area contributed by atoms with Crippen LogP contribution in [0.3, 0.4) is 0 Å². The molecule has 20 heavy (non-hydrogen) atoms. The number of rotatable bonds is 6. The predicted molar refractivity (Wildman–Crippen MR) is 80.7 cm³/mol. The molecule has 0 atom stereocenters. The summed E-state index contributed by atoms with van der Waals surface area (Å²) < 4.78 is 0.775. The molecule has 0 saturated heterocycles.